The van der Waals surface area contributed by atoms with Crippen molar-refractivity contribution >= 4 is 5.91 Å². The maximum absolute atomic E-state index is 11.4. The van der Waals surface area contributed by atoms with Crippen LogP contribution in [0.2, 0.25) is 0 Å². The van der Waals surface area contributed by atoms with E-state index in [0.29, 0.717) is 12.1 Å². The molecule has 1 atom stereocenters. The average Bonchev–Trinajstić information content (AvgIpc) is 2.46. The van der Waals surface area contributed by atoms with Crippen molar-refractivity contribution in [3.63, 3.8) is 0 Å². The first kappa shape index (κ1) is 8.97. The van der Waals surface area contributed by atoms with Crippen LogP contribution in [0.3, 0.4) is 0 Å². The molecule has 0 aliphatic carbocycles. The highest BCUT2D eigenvalue weighted by atomic mass is 16.5. The molecule has 0 bridgehead atoms. The Hall–Kier alpha value is -0.610. The third-order valence-corrected chi connectivity index (χ3v) is 2.82. The molecule has 2 fully saturated rings. The van der Waals surface area contributed by atoms with Crippen LogP contribution < -0.4 is 5.32 Å². The maximum Gasteiger partial charge on any atom is 0.220 e. The molecule has 0 saturated carbocycles. The topological polar surface area (TPSA) is 41.6 Å². The third-order valence-electron chi connectivity index (χ3n) is 2.82. The summed E-state index contributed by atoms with van der Waals surface area (Å²) >= 11 is 0. The van der Waals surface area contributed by atoms with E-state index < -0.39 is 0 Å². The Bertz CT molecular complexity index is 198. The third kappa shape index (κ3) is 1.69. The lowest BCUT2D eigenvalue weighted by Crippen LogP contribution is -2.61. The molecule has 0 aromatic rings. The van der Waals surface area contributed by atoms with Gasteiger partial charge >= 0.3 is 0 Å². The molecule has 2 saturated heterocycles. The highest BCUT2D eigenvalue weighted by Crippen LogP contribution is 2.17. The van der Waals surface area contributed by atoms with Crippen molar-refractivity contribution in [2.24, 2.45) is 0 Å². The quantitative estimate of drug-likeness (QED) is 0.634. The minimum Gasteiger partial charge on any atom is -0.379 e. The first-order valence-electron chi connectivity index (χ1n) is 4.86. The minimum atomic E-state index is 0.182. The molecule has 1 amide bonds. The predicted molar refractivity (Wildman–Crippen MR) is 48.4 cm³/mol. The van der Waals surface area contributed by atoms with Gasteiger partial charge in [0.05, 0.1) is 18.7 Å². The number of nitrogens with one attached hydrogen (secondary N) is 1. The van der Waals surface area contributed by atoms with E-state index in [1.54, 1.807) is 6.92 Å². The summed E-state index contributed by atoms with van der Waals surface area (Å²) in [6, 6.07) is 0.730. The van der Waals surface area contributed by atoms with Gasteiger partial charge in [0.25, 0.3) is 0 Å². The molecule has 0 spiro atoms. The Kier molecular flexibility index (Phi) is 2.51. The molecular formula is C9H16N2O2. The van der Waals surface area contributed by atoms with E-state index in [9.17, 15) is 4.79 Å². The van der Waals surface area contributed by atoms with Crippen LogP contribution in [0.1, 0.15) is 13.3 Å². The molecule has 4 heteroatoms. The average molecular weight is 184 g/mol. The second-order valence-corrected chi connectivity index (χ2v) is 3.76. The van der Waals surface area contributed by atoms with E-state index in [-0.39, 0.29) is 5.91 Å². The van der Waals surface area contributed by atoms with Crippen molar-refractivity contribution in [2.45, 2.75) is 25.4 Å². The molecule has 2 aliphatic rings. The second kappa shape index (κ2) is 3.64. The van der Waals surface area contributed by atoms with Gasteiger partial charge in [-0.05, 0) is 6.42 Å². The van der Waals surface area contributed by atoms with Gasteiger partial charge in [0.2, 0.25) is 5.91 Å². The van der Waals surface area contributed by atoms with Crippen molar-refractivity contribution in [3.05, 3.63) is 0 Å². The summed E-state index contributed by atoms with van der Waals surface area (Å²) < 4.78 is 5.29. The lowest BCUT2D eigenvalue weighted by molar-refractivity contribution is -0.135. The lowest BCUT2D eigenvalue weighted by atomic mass is 10.1. The van der Waals surface area contributed by atoms with Crippen LogP contribution in [-0.4, -0.2) is 49.2 Å². The minimum absolute atomic E-state index is 0.182. The van der Waals surface area contributed by atoms with Gasteiger partial charge in [-0.2, -0.15) is 0 Å². The van der Waals surface area contributed by atoms with Crippen molar-refractivity contribution in [1.82, 2.24) is 10.2 Å². The summed E-state index contributed by atoms with van der Waals surface area (Å²) in [6.07, 6.45) is 0.996. The molecule has 0 radical (unpaired) electrons. The van der Waals surface area contributed by atoms with Crippen molar-refractivity contribution in [3.8, 4) is 0 Å². The Morgan fingerprint density at radius 2 is 2.23 bits per heavy atom. The Morgan fingerprint density at radius 3 is 2.62 bits per heavy atom. The van der Waals surface area contributed by atoms with Crippen molar-refractivity contribution in [2.75, 3.05) is 26.3 Å². The Morgan fingerprint density at radius 1 is 1.46 bits per heavy atom. The van der Waals surface area contributed by atoms with Crippen molar-refractivity contribution < 1.29 is 9.53 Å². The first-order valence-corrected chi connectivity index (χ1v) is 4.86. The molecule has 74 valence electrons. The number of hydrogen-bond acceptors (Lipinski definition) is 3. The molecule has 2 aliphatic heterocycles. The summed E-state index contributed by atoms with van der Waals surface area (Å²) in [5.41, 5.74) is 0. The van der Waals surface area contributed by atoms with Crippen LogP contribution in [0, 0.1) is 0 Å². The number of carbonyl (C=O) groups is 1. The summed E-state index contributed by atoms with van der Waals surface area (Å²) in [5.74, 6) is 0.182. The van der Waals surface area contributed by atoms with Crippen LogP contribution in [0.4, 0.5) is 0 Å². The fraction of sp³-hybridized carbons (Fsp3) is 0.889. The largest absolute Gasteiger partial charge is 0.379 e. The number of rotatable bonds is 2. The molecule has 0 aromatic carbocycles. The van der Waals surface area contributed by atoms with E-state index in [4.69, 9.17) is 4.74 Å². The number of nitrogens with zero attached hydrogens (tertiary/aromatic N) is 1. The molecule has 2 heterocycles. The predicted octanol–water partition coefficient (Wildman–Crippen LogP) is -0.404. The van der Waals surface area contributed by atoms with Crippen LogP contribution in [0.5, 0.6) is 0 Å². The zero-order valence-corrected chi connectivity index (χ0v) is 7.95. The fourth-order valence-electron chi connectivity index (χ4n) is 2.02. The van der Waals surface area contributed by atoms with Crippen LogP contribution in [0.25, 0.3) is 0 Å². The van der Waals surface area contributed by atoms with Gasteiger partial charge in [0, 0.05) is 26.6 Å². The molecule has 13 heavy (non-hydrogen) atoms. The number of ether oxygens (including phenoxy) is 1. The number of amides is 1. The molecule has 0 aromatic heterocycles. The normalized spacial score (nSPS) is 28.5. The van der Waals surface area contributed by atoms with E-state index in [2.05, 4.69) is 5.32 Å². The zero-order chi connectivity index (χ0) is 9.26. The van der Waals surface area contributed by atoms with Gasteiger partial charge < -0.3 is 15.0 Å². The van der Waals surface area contributed by atoms with E-state index >= 15 is 0 Å². The molecule has 2 rings (SSSR count). The number of hydrogen-bond donors (Lipinski definition) is 1. The monoisotopic (exact) mass is 184 g/mol. The molecule has 1 unspecified atom stereocenters. The Labute approximate surface area is 78.2 Å². The smallest absolute Gasteiger partial charge is 0.220 e. The van der Waals surface area contributed by atoms with Gasteiger partial charge in [0.15, 0.2) is 0 Å². The van der Waals surface area contributed by atoms with Gasteiger partial charge in [-0.3, -0.25) is 4.79 Å². The highest BCUT2D eigenvalue weighted by molar-refractivity contribution is 5.74. The summed E-state index contributed by atoms with van der Waals surface area (Å²) in [6.45, 7) is 5.05. The van der Waals surface area contributed by atoms with E-state index in [0.717, 1.165) is 32.7 Å². The maximum atomic E-state index is 11.4. The standard InChI is InChI=1S/C9H16N2O2/c1-7(12)11(9-4-10-5-9)8-2-3-13-6-8/h8-10H,2-6H2,1H3. The highest BCUT2D eigenvalue weighted by Gasteiger charge is 2.33. The van der Waals surface area contributed by atoms with E-state index in [1.807, 2.05) is 4.90 Å². The summed E-state index contributed by atoms with van der Waals surface area (Å²) in [4.78, 5) is 13.4. The zero-order valence-electron chi connectivity index (χ0n) is 7.95. The van der Waals surface area contributed by atoms with Crippen LogP contribution >= 0.6 is 0 Å². The SMILES string of the molecule is CC(=O)N(C1CNC1)C1CCOC1. The van der Waals surface area contributed by atoms with Crippen molar-refractivity contribution in [1.29, 1.82) is 0 Å². The van der Waals surface area contributed by atoms with Gasteiger partial charge in [-0.25, -0.2) is 0 Å². The van der Waals surface area contributed by atoms with Gasteiger partial charge in [-0.1, -0.05) is 0 Å². The number of carbonyl (C=O) groups excluding carboxylic acids is 1. The van der Waals surface area contributed by atoms with Crippen LogP contribution in [0.15, 0.2) is 0 Å². The Balaban J connectivity index is 1.98. The molecule has 1 N–H and O–H groups in total. The van der Waals surface area contributed by atoms with Gasteiger partial charge in [-0.15, -0.1) is 0 Å². The molecular weight excluding hydrogens is 168 g/mol. The molecule has 4 nitrogen and oxygen atoms in total. The summed E-state index contributed by atoms with van der Waals surface area (Å²) in [7, 11) is 0. The van der Waals surface area contributed by atoms with E-state index in [1.165, 1.54) is 0 Å². The fourth-order valence-corrected chi connectivity index (χ4v) is 2.02. The lowest BCUT2D eigenvalue weighted by Gasteiger charge is -2.40. The van der Waals surface area contributed by atoms with Gasteiger partial charge in [0.1, 0.15) is 0 Å². The second-order valence-electron chi connectivity index (χ2n) is 3.76. The van der Waals surface area contributed by atoms with Crippen LogP contribution in [-0.2, 0) is 9.53 Å². The summed E-state index contributed by atoms with van der Waals surface area (Å²) in [5, 5.41) is 3.19. The first-order chi connectivity index (χ1) is 6.29.